The van der Waals surface area contributed by atoms with Crippen molar-refractivity contribution in [3.63, 3.8) is 0 Å². The first kappa shape index (κ1) is 14.4. The SMILES string of the molecule is Cc1ccc(C(C)C)cc1N(C)CCC1CCCN1. The van der Waals surface area contributed by atoms with Crippen molar-refractivity contribution < 1.29 is 0 Å². The third-order valence-corrected chi connectivity index (χ3v) is 4.29. The van der Waals surface area contributed by atoms with E-state index in [0.29, 0.717) is 5.92 Å². The zero-order valence-electron chi connectivity index (χ0n) is 12.9. The maximum absolute atomic E-state index is 3.58. The molecule has 2 nitrogen and oxygen atoms in total. The molecule has 1 aliphatic heterocycles. The van der Waals surface area contributed by atoms with Crippen LogP contribution >= 0.6 is 0 Å². The van der Waals surface area contributed by atoms with Crippen LogP contribution in [0.15, 0.2) is 18.2 Å². The van der Waals surface area contributed by atoms with Gasteiger partial charge in [-0.25, -0.2) is 0 Å². The zero-order chi connectivity index (χ0) is 13.8. The Morgan fingerprint density at radius 3 is 2.79 bits per heavy atom. The number of benzene rings is 1. The van der Waals surface area contributed by atoms with Crippen LogP contribution in [0.5, 0.6) is 0 Å². The van der Waals surface area contributed by atoms with E-state index < -0.39 is 0 Å². The Bertz CT molecular complexity index is 406. The highest BCUT2D eigenvalue weighted by molar-refractivity contribution is 5.55. The minimum Gasteiger partial charge on any atom is -0.374 e. The highest BCUT2D eigenvalue weighted by Crippen LogP contribution is 2.25. The van der Waals surface area contributed by atoms with E-state index in [9.17, 15) is 0 Å². The molecule has 0 aliphatic carbocycles. The Morgan fingerprint density at radius 2 is 2.16 bits per heavy atom. The normalized spacial score (nSPS) is 19.1. The number of hydrogen-bond acceptors (Lipinski definition) is 2. The van der Waals surface area contributed by atoms with E-state index in [4.69, 9.17) is 0 Å². The summed E-state index contributed by atoms with van der Waals surface area (Å²) in [4.78, 5) is 2.42. The van der Waals surface area contributed by atoms with Crippen molar-refractivity contribution in [3.8, 4) is 0 Å². The maximum atomic E-state index is 3.58. The standard InChI is InChI=1S/C17H28N2/c1-13(2)15-8-7-14(3)17(12-15)19(4)11-9-16-6-5-10-18-16/h7-8,12-13,16,18H,5-6,9-11H2,1-4H3. The molecule has 0 radical (unpaired) electrons. The molecule has 19 heavy (non-hydrogen) atoms. The summed E-state index contributed by atoms with van der Waals surface area (Å²) in [5.41, 5.74) is 4.21. The Hall–Kier alpha value is -1.02. The Balaban J connectivity index is 2.00. The average Bonchev–Trinajstić information content (AvgIpc) is 2.89. The molecule has 1 fully saturated rings. The van der Waals surface area contributed by atoms with Crippen LogP contribution in [0.1, 0.15) is 50.2 Å². The fourth-order valence-electron chi connectivity index (χ4n) is 2.87. The van der Waals surface area contributed by atoms with Crippen molar-refractivity contribution in [2.24, 2.45) is 0 Å². The number of aryl methyl sites for hydroxylation is 1. The number of nitrogens with zero attached hydrogens (tertiary/aromatic N) is 1. The predicted octanol–water partition coefficient (Wildman–Crippen LogP) is 3.70. The van der Waals surface area contributed by atoms with Gasteiger partial charge in [0.25, 0.3) is 0 Å². The zero-order valence-corrected chi connectivity index (χ0v) is 12.9. The second kappa shape index (κ2) is 6.42. The first-order valence-corrected chi connectivity index (χ1v) is 7.63. The molecule has 0 spiro atoms. The van der Waals surface area contributed by atoms with Crippen molar-refractivity contribution in [1.29, 1.82) is 0 Å². The fourth-order valence-corrected chi connectivity index (χ4v) is 2.87. The first-order valence-electron chi connectivity index (χ1n) is 7.63. The summed E-state index contributed by atoms with van der Waals surface area (Å²) in [5.74, 6) is 0.601. The van der Waals surface area contributed by atoms with E-state index in [-0.39, 0.29) is 0 Å². The van der Waals surface area contributed by atoms with Gasteiger partial charge in [-0.05, 0) is 55.8 Å². The molecule has 1 N–H and O–H groups in total. The first-order chi connectivity index (χ1) is 9.08. The van der Waals surface area contributed by atoms with Crippen LogP contribution < -0.4 is 10.2 Å². The van der Waals surface area contributed by atoms with E-state index in [1.807, 2.05) is 0 Å². The number of nitrogens with one attached hydrogen (secondary N) is 1. The molecule has 106 valence electrons. The average molecular weight is 260 g/mol. The maximum Gasteiger partial charge on any atom is 0.0396 e. The van der Waals surface area contributed by atoms with Crippen molar-refractivity contribution in [2.75, 3.05) is 25.0 Å². The summed E-state index contributed by atoms with van der Waals surface area (Å²) in [6.07, 6.45) is 3.94. The molecular weight excluding hydrogens is 232 g/mol. The lowest BCUT2D eigenvalue weighted by Gasteiger charge is -2.24. The summed E-state index contributed by atoms with van der Waals surface area (Å²) in [6.45, 7) is 9.08. The van der Waals surface area contributed by atoms with Gasteiger partial charge >= 0.3 is 0 Å². The van der Waals surface area contributed by atoms with E-state index in [1.54, 1.807) is 0 Å². The molecular formula is C17H28N2. The lowest BCUT2D eigenvalue weighted by atomic mass is 10.00. The molecule has 1 atom stereocenters. The van der Waals surface area contributed by atoms with Gasteiger partial charge in [-0.2, -0.15) is 0 Å². The van der Waals surface area contributed by atoms with Gasteiger partial charge in [0.2, 0.25) is 0 Å². The highest BCUT2D eigenvalue weighted by Gasteiger charge is 2.15. The molecule has 1 aromatic carbocycles. The molecule has 1 unspecified atom stereocenters. The van der Waals surface area contributed by atoms with Crippen LogP contribution in [0.2, 0.25) is 0 Å². The summed E-state index contributed by atoms with van der Waals surface area (Å²) in [5, 5.41) is 3.58. The summed E-state index contributed by atoms with van der Waals surface area (Å²) in [7, 11) is 2.22. The minimum atomic E-state index is 0.601. The van der Waals surface area contributed by atoms with Crippen LogP contribution in [-0.4, -0.2) is 26.2 Å². The Kier molecular flexibility index (Phi) is 4.87. The second-order valence-electron chi connectivity index (χ2n) is 6.20. The minimum absolute atomic E-state index is 0.601. The number of hydrogen-bond donors (Lipinski definition) is 1. The van der Waals surface area contributed by atoms with Gasteiger partial charge in [0.15, 0.2) is 0 Å². The number of anilines is 1. The van der Waals surface area contributed by atoms with Crippen LogP contribution in [0.25, 0.3) is 0 Å². The predicted molar refractivity (Wildman–Crippen MR) is 84.2 cm³/mol. The van der Waals surface area contributed by atoms with Crippen molar-refractivity contribution in [1.82, 2.24) is 5.32 Å². The Labute approximate surface area is 118 Å². The van der Waals surface area contributed by atoms with Gasteiger partial charge in [-0.15, -0.1) is 0 Å². The molecule has 1 aliphatic rings. The highest BCUT2D eigenvalue weighted by atomic mass is 15.1. The van der Waals surface area contributed by atoms with Crippen molar-refractivity contribution >= 4 is 5.69 Å². The molecule has 0 amide bonds. The molecule has 1 heterocycles. The Morgan fingerprint density at radius 1 is 1.37 bits per heavy atom. The lowest BCUT2D eigenvalue weighted by molar-refractivity contribution is 0.559. The second-order valence-corrected chi connectivity index (χ2v) is 6.20. The quantitative estimate of drug-likeness (QED) is 0.868. The van der Waals surface area contributed by atoms with Crippen LogP contribution in [-0.2, 0) is 0 Å². The molecule has 2 rings (SSSR count). The third kappa shape index (κ3) is 3.73. The van der Waals surface area contributed by atoms with E-state index in [1.165, 1.54) is 42.6 Å². The monoisotopic (exact) mass is 260 g/mol. The molecule has 2 heteroatoms. The number of rotatable bonds is 5. The third-order valence-electron chi connectivity index (χ3n) is 4.29. The van der Waals surface area contributed by atoms with Crippen LogP contribution in [0, 0.1) is 6.92 Å². The fraction of sp³-hybridized carbons (Fsp3) is 0.647. The summed E-state index contributed by atoms with van der Waals surface area (Å²) < 4.78 is 0. The molecule has 0 bridgehead atoms. The topological polar surface area (TPSA) is 15.3 Å². The molecule has 0 aromatic heterocycles. The van der Waals surface area contributed by atoms with Gasteiger partial charge in [-0.1, -0.05) is 26.0 Å². The largest absolute Gasteiger partial charge is 0.374 e. The van der Waals surface area contributed by atoms with Gasteiger partial charge in [0.1, 0.15) is 0 Å². The molecule has 0 saturated carbocycles. The van der Waals surface area contributed by atoms with Gasteiger partial charge in [0, 0.05) is 25.3 Å². The van der Waals surface area contributed by atoms with Crippen LogP contribution in [0.4, 0.5) is 5.69 Å². The van der Waals surface area contributed by atoms with E-state index in [2.05, 4.69) is 56.2 Å². The van der Waals surface area contributed by atoms with Gasteiger partial charge in [0.05, 0.1) is 0 Å². The smallest absolute Gasteiger partial charge is 0.0396 e. The molecule has 1 aromatic rings. The summed E-state index contributed by atoms with van der Waals surface area (Å²) >= 11 is 0. The molecule has 1 saturated heterocycles. The summed E-state index contributed by atoms with van der Waals surface area (Å²) in [6, 6.07) is 7.61. The van der Waals surface area contributed by atoms with Crippen molar-refractivity contribution in [2.45, 2.75) is 52.0 Å². The van der Waals surface area contributed by atoms with Gasteiger partial charge < -0.3 is 10.2 Å². The van der Waals surface area contributed by atoms with Crippen molar-refractivity contribution in [3.05, 3.63) is 29.3 Å². The lowest BCUT2D eigenvalue weighted by Crippen LogP contribution is -2.28. The van der Waals surface area contributed by atoms with E-state index >= 15 is 0 Å². The van der Waals surface area contributed by atoms with E-state index in [0.717, 1.165) is 12.6 Å². The van der Waals surface area contributed by atoms with Gasteiger partial charge in [-0.3, -0.25) is 0 Å². The van der Waals surface area contributed by atoms with Crippen LogP contribution in [0.3, 0.4) is 0 Å².